The summed E-state index contributed by atoms with van der Waals surface area (Å²) >= 11 is 11.4. The summed E-state index contributed by atoms with van der Waals surface area (Å²) in [6.45, 7) is 4.64. The smallest absolute Gasteiger partial charge is 0.237 e. The van der Waals surface area contributed by atoms with Crippen LogP contribution in [0, 0.1) is 0 Å². The van der Waals surface area contributed by atoms with Crippen LogP contribution in [0.5, 0.6) is 0 Å². The highest BCUT2D eigenvalue weighted by atomic mass is 35.5. The molecule has 2 aromatic heterocycles. The van der Waals surface area contributed by atoms with Gasteiger partial charge in [0.1, 0.15) is 0 Å². The van der Waals surface area contributed by atoms with E-state index in [-0.39, 0.29) is 11.9 Å². The summed E-state index contributed by atoms with van der Waals surface area (Å²) < 4.78 is 0. The van der Waals surface area contributed by atoms with Crippen molar-refractivity contribution < 1.29 is 14.5 Å². The van der Waals surface area contributed by atoms with Crippen molar-refractivity contribution in [1.29, 1.82) is 0 Å². The van der Waals surface area contributed by atoms with Crippen molar-refractivity contribution in [3.63, 3.8) is 0 Å². The molecule has 0 saturated heterocycles. The van der Waals surface area contributed by atoms with E-state index < -0.39 is 0 Å². The summed E-state index contributed by atoms with van der Waals surface area (Å²) in [5, 5.41) is 11.4. The van der Waals surface area contributed by atoms with E-state index in [0.29, 0.717) is 40.7 Å². The number of carbonyl (C=O) groups excluding carboxylic acids is 1. The van der Waals surface area contributed by atoms with Crippen LogP contribution in [-0.2, 0) is 9.68 Å². The maximum Gasteiger partial charge on any atom is 0.237 e. The molecule has 15 heteroatoms. The molecule has 8 N–H and O–H groups in total. The Morgan fingerprint density at radius 1 is 1.00 bits per heavy atom. The second kappa shape index (κ2) is 19.2. The molecule has 0 aliphatic rings. The number of nitrogens with two attached hydrogens (primary N) is 3. The minimum atomic E-state index is 0.0725. The monoisotopic (exact) mass is 500 g/mol. The minimum Gasteiger partial charge on any atom is -0.367 e. The molecule has 0 aliphatic heterocycles. The highest BCUT2D eigenvalue weighted by Crippen LogP contribution is 2.10. The third-order valence-corrected chi connectivity index (χ3v) is 3.51. The lowest BCUT2D eigenvalue weighted by molar-refractivity contribution is 0.0957. The molecule has 2 aromatic rings. The van der Waals surface area contributed by atoms with Gasteiger partial charge in [0.05, 0.1) is 29.5 Å². The molecule has 0 unspecified atom stereocenters. The standard InChI is InChI=1S/C9H12ClN5O.C6H4ClNO.C3H10N4O/c1-2-16-15-9(11)14-13-5-7-3-4-12-6-8(7)10;7-6-3-8-2-1-5(6)4-9;1-2-8-7-3(4)6-5/h3-6H,2H2,1H3,(H3,11,14,15);1-4H;2,5H2,1H3,(H3,4,6,7)/b13-5+;;. The van der Waals surface area contributed by atoms with Crippen LogP contribution < -0.4 is 28.3 Å². The van der Waals surface area contributed by atoms with Crippen molar-refractivity contribution in [2.45, 2.75) is 13.8 Å². The Morgan fingerprint density at radius 2 is 1.52 bits per heavy atom. The van der Waals surface area contributed by atoms with Gasteiger partial charge in [-0.25, -0.2) is 11.0 Å². The zero-order valence-corrected chi connectivity index (χ0v) is 19.5. The number of nitrogens with zero attached hydrogens (tertiary/aromatic N) is 5. The first-order valence-corrected chi connectivity index (χ1v) is 9.94. The van der Waals surface area contributed by atoms with E-state index in [0.717, 1.165) is 0 Å². The van der Waals surface area contributed by atoms with Gasteiger partial charge in [0.15, 0.2) is 6.29 Å². The van der Waals surface area contributed by atoms with Crippen LogP contribution in [0.2, 0.25) is 10.0 Å². The fourth-order valence-electron chi connectivity index (χ4n) is 1.46. The molecular formula is C18H26Cl2N10O3. The number of pyridine rings is 2. The van der Waals surface area contributed by atoms with Crippen LogP contribution in [0.25, 0.3) is 0 Å². The minimum absolute atomic E-state index is 0.0725. The number of aldehydes is 1. The van der Waals surface area contributed by atoms with Gasteiger partial charge in [-0.2, -0.15) is 5.10 Å². The van der Waals surface area contributed by atoms with Gasteiger partial charge in [0.25, 0.3) is 0 Å². The fourth-order valence-corrected chi connectivity index (χ4v) is 1.80. The van der Waals surface area contributed by atoms with E-state index in [9.17, 15) is 4.79 Å². The first-order chi connectivity index (χ1) is 15.9. The summed E-state index contributed by atoms with van der Waals surface area (Å²) in [6, 6.07) is 3.28. The SMILES string of the molecule is CCONC(N)=N/N=C/c1ccncc1Cl.CCONC(N)=NN.O=Cc1ccncc1Cl. The molecule has 180 valence electrons. The zero-order valence-electron chi connectivity index (χ0n) is 18.0. The van der Waals surface area contributed by atoms with E-state index in [1.165, 1.54) is 24.8 Å². The third kappa shape index (κ3) is 15.0. The first kappa shape index (κ1) is 29.5. The predicted molar refractivity (Wildman–Crippen MR) is 128 cm³/mol. The largest absolute Gasteiger partial charge is 0.367 e. The summed E-state index contributed by atoms with van der Waals surface area (Å²) in [5.41, 5.74) is 16.3. The topological polar surface area (TPSA) is 201 Å². The number of nitrogens with one attached hydrogen (secondary N) is 2. The molecule has 0 amide bonds. The van der Waals surface area contributed by atoms with Crippen molar-refractivity contribution >= 4 is 47.6 Å². The first-order valence-electron chi connectivity index (χ1n) is 9.19. The number of hydrogen-bond acceptors (Lipinski definition) is 9. The fraction of sp³-hybridized carbons (Fsp3) is 0.222. The normalized spacial score (nSPS) is 11.0. The molecule has 13 nitrogen and oxygen atoms in total. The number of hydrazone groups is 1. The van der Waals surface area contributed by atoms with Crippen LogP contribution in [-0.4, -0.2) is 47.6 Å². The molecule has 0 atom stereocenters. The number of aromatic nitrogens is 2. The highest BCUT2D eigenvalue weighted by molar-refractivity contribution is 6.33. The lowest BCUT2D eigenvalue weighted by Gasteiger charge is -2.00. The Morgan fingerprint density at radius 3 is 1.94 bits per heavy atom. The van der Waals surface area contributed by atoms with Gasteiger partial charge in [0, 0.05) is 35.9 Å². The molecule has 0 radical (unpaired) electrons. The molecule has 0 spiro atoms. The summed E-state index contributed by atoms with van der Waals surface area (Å²) in [4.78, 5) is 27.1. The Labute approximate surface area is 201 Å². The van der Waals surface area contributed by atoms with Crippen molar-refractivity contribution in [1.82, 2.24) is 20.9 Å². The molecule has 0 aliphatic carbocycles. The summed E-state index contributed by atoms with van der Waals surface area (Å²) in [7, 11) is 0. The molecule has 33 heavy (non-hydrogen) atoms. The van der Waals surface area contributed by atoms with Crippen molar-refractivity contribution in [2.24, 2.45) is 32.6 Å². The van der Waals surface area contributed by atoms with Gasteiger partial charge >= 0.3 is 0 Å². The summed E-state index contributed by atoms with van der Waals surface area (Å²) in [6.07, 6.45) is 8.27. The van der Waals surface area contributed by atoms with E-state index >= 15 is 0 Å². The van der Waals surface area contributed by atoms with Gasteiger partial charge in [-0.15, -0.1) is 10.2 Å². The van der Waals surface area contributed by atoms with Crippen LogP contribution in [0.4, 0.5) is 0 Å². The predicted octanol–water partition coefficient (Wildman–Crippen LogP) is 1.19. The van der Waals surface area contributed by atoms with Crippen molar-refractivity contribution in [2.75, 3.05) is 13.2 Å². The van der Waals surface area contributed by atoms with Gasteiger partial charge < -0.3 is 17.3 Å². The van der Waals surface area contributed by atoms with Crippen LogP contribution in [0.3, 0.4) is 0 Å². The summed E-state index contributed by atoms with van der Waals surface area (Å²) in [5.74, 6) is 4.88. The molecule has 2 rings (SSSR count). The number of carbonyl (C=O) groups is 1. The molecule has 0 fully saturated rings. The van der Waals surface area contributed by atoms with E-state index in [4.69, 9.17) is 45.3 Å². The second-order valence-electron chi connectivity index (χ2n) is 5.23. The van der Waals surface area contributed by atoms with E-state index in [1.54, 1.807) is 18.3 Å². The Balaban J connectivity index is 0.000000511. The highest BCUT2D eigenvalue weighted by Gasteiger charge is 1.95. The average molecular weight is 501 g/mol. The molecule has 0 aromatic carbocycles. The molecule has 2 heterocycles. The zero-order chi connectivity index (χ0) is 24.9. The number of hydrogen-bond donors (Lipinski definition) is 5. The van der Waals surface area contributed by atoms with Crippen molar-refractivity contribution in [3.05, 3.63) is 58.1 Å². The quantitative estimate of drug-likeness (QED) is 0.121. The van der Waals surface area contributed by atoms with E-state index in [2.05, 4.69) is 41.1 Å². The van der Waals surface area contributed by atoms with Gasteiger partial charge in [-0.3, -0.25) is 24.4 Å². The van der Waals surface area contributed by atoms with Gasteiger partial charge in [-0.1, -0.05) is 23.2 Å². The van der Waals surface area contributed by atoms with Crippen molar-refractivity contribution in [3.8, 4) is 0 Å². The maximum atomic E-state index is 10.1. The molecule has 0 saturated carbocycles. The third-order valence-electron chi connectivity index (χ3n) is 2.88. The number of guanidine groups is 2. The van der Waals surface area contributed by atoms with E-state index in [1.807, 2.05) is 13.8 Å². The second-order valence-corrected chi connectivity index (χ2v) is 6.04. The van der Waals surface area contributed by atoms with Crippen LogP contribution >= 0.6 is 23.2 Å². The Hall–Kier alpha value is -3.52. The maximum absolute atomic E-state index is 10.1. The number of rotatable bonds is 7. The molecular weight excluding hydrogens is 475 g/mol. The Bertz CT molecular complexity index is 913. The van der Waals surface area contributed by atoms with Gasteiger partial charge in [0.2, 0.25) is 11.9 Å². The number of halogens is 2. The average Bonchev–Trinajstić information content (AvgIpc) is 2.83. The van der Waals surface area contributed by atoms with Gasteiger partial charge in [-0.05, 0) is 26.0 Å². The van der Waals surface area contributed by atoms with Crippen LogP contribution in [0.15, 0.2) is 52.2 Å². The lowest BCUT2D eigenvalue weighted by atomic mass is 10.3. The lowest BCUT2D eigenvalue weighted by Crippen LogP contribution is -2.32. The number of hydroxylamine groups is 2. The van der Waals surface area contributed by atoms with Crippen LogP contribution in [0.1, 0.15) is 29.8 Å². The Kier molecular flexibility index (Phi) is 17.1. The molecule has 0 bridgehead atoms.